The number of amides is 1. The van der Waals surface area contributed by atoms with Crippen molar-refractivity contribution in [2.75, 3.05) is 19.6 Å². The summed E-state index contributed by atoms with van der Waals surface area (Å²) in [5, 5.41) is 10.1. The molecular formula is C36H44FN5O3S. The largest absolute Gasteiger partial charge is 0.489 e. The molecule has 2 heterocycles. The van der Waals surface area contributed by atoms with Gasteiger partial charge in [0.2, 0.25) is 6.41 Å². The highest BCUT2D eigenvalue weighted by molar-refractivity contribution is 7.18. The Kier molecular flexibility index (Phi) is 11.9. The summed E-state index contributed by atoms with van der Waals surface area (Å²) < 4.78 is 27.7. The third-order valence-corrected chi connectivity index (χ3v) is 9.03. The van der Waals surface area contributed by atoms with E-state index in [-0.39, 0.29) is 24.2 Å². The molecule has 1 amide bonds. The zero-order valence-corrected chi connectivity index (χ0v) is 27.9. The number of nitrogens with zero attached hydrogens (tertiary/aromatic N) is 3. The molecule has 10 heteroatoms. The number of carbonyl (C=O) groups excluding carboxylic acids is 1. The van der Waals surface area contributed by atoms with Crippen LogP contribution in [0, 0.1) is 17.1 Å². The average Bonchev–Trinajstić information content (AvgIpc) is 3.42. The van der Waals surface area contributed by atoms with Crippen LogP contribution in [0.4, 0.5) is 4.39 Å². The molecule has 1 aliphatic heterocycles. The molecule has 0 radical (unpaired) electrons. The predicted molar refractivity (Wildman–Crippen MR) is 181 cm³/mol. The normalized spacial score (nSPS) is 14.4. The monoisotopic (exact) mass is 645 g/mol. The number of carbonyl (C=O) groups is 1. The van der Waals surface area contributed by atoms with Crippen molar-refractivity contribution < 1.29 is 18.7 Å². The van der Waals surface area contributed by atoms with Gasteiger partial charge < -0.3 is 20.9 Å². The summed E-state index contributed by atoms with van der Waals surface area (Å²) in [5.74, 6) is 0.770. The van der Waals surface area contributed by atoms with Crippen LogP contribution in [0.1, 0.15) is 73.7 Å². The second-order valence-corrected chi connectivity index (χ2v) is 14.0. The maximum atomic E-state index is 14.3. The van der Waals surface area contributed by atoms with Crippen molar-refractivity contribution in [2.45, 2.75) is 77.2 Å². The van der Waals surface area contributed by atoms with E-state index in [0.717, 1.165) is 55.2 Å². The van der Waals surface area contributed by atoms with Gasteiger partial charge in [-0.25, -0.2) is 9.37 Å². The molecule has 4 aromatic rings. The lowest BCUT2D eigenvalue weighted by Gasteiger charge is -2.35. The number of fused-ring (bicyclic) bond motifs is 1. The van der Waals surface area contributed by atoms with E-state index in [9.17, 15) is 4.39 Å². The number of primary amides is 1. The third-order valence-electron chi connectivity index (χ3n) is 8.02. The molecule has 1 saturated heterocycles. The van der Waals surface area contributed by atoms with Crippen molar-refractivity contribution in [1.82, 2.24) is 9.88 Å². The van der Waals surface area contributed by atoms with Gasteiger partial charge in [0.25, 0.3) is 0 Å². The van der Waals surface area contributed by atoms with Crippen molar-refractivity contribution >= 4 is 28.0 Å². The molecule has 0 spiro atoms. The van der Waals surface area contributed by atoms with Gasteiger partial charge in [-0.1, -0.05) is 24.3 Å². The zero-order chi connectivity index (χ0) is 33.3. The zero-order valence-electron chi connectivity index (χ0n) is 27.1. The Morgan fingerprint density at radius 1 is 1.09 bits per heavy atom. The van der Waals surface area contributed by atoms with E-state index < -0.39 is 5.82 Å². The highest BCUT2D eigenvalue weighted by atomic mass is 32.1. The fourth-order valence-corrected chi connectivity index (χ4v) is 6.95. The second-order valence-electron chi connectivity index (χ2n) is 12.9. The quantitative estimate of drug-likeness (QED) is 0.180. The summed E-state index contributed by atoms with van der Waals surface area (Å²) in [5.41, 5.74) is 13.7. The lowest BCUT2D eigenvalue weighted by atomic mass is 9.89. The van der Waals surface area contributed by atoms with E-state index in [1.165, 1.54) is 21.9 Å². The first-order valence-electron chi connectivity index (χ1n) is 15.5. The predicted octanol–water partition coefficient (Wildman–Crippen LogP) is 6.44. The summed E-state index contributed by atoms with van der Waals surface area (Å²) in [7, 11) is 0. The summed E-state index contributed by atoms with van der Waals surface area (Å²) in [6.45, 7) is 11.8. The van der Waals surface area contributed by atoms with E-state index in [1.54, 1.807) is 23.5 Å². The number of piperidine rings is 1. The van der Waals surface area contributed by atoms with Crippen LogP contribution in [0.15, 0.2) is 60.7 Å². The van der Waals surface area contributed by atoms with Gasteiger partial charge in [0.1, 0.15) is 23.2 Å². The molecule has 3 aromatic carbocycles. The van der Waals surface area contributed by atoms with Gasteiger partial charge in [-0.15, -0.1) is 11.3 Å². The molecule has 46 heavy (non-hydrogen) atoms. The molecule has 0 saturated carbocycles. The molecule has 1 fully saturated rings. The smallest absolute Gasteiger partial charge is 0.204 e. The lowest BCUT2D eigenvalue weighted by Crippen LogP contribution is -2.43. The average molecular weight is 646 g/mol. The van der Waals surface area contributed by atoms with Gasteiger partial charge in [0.15, 0.2) is 0 Å². The van der Waals surface area contributed by atoms with E-state index in [0.29, 0.717) is 23.6 Å². The molecule has 1 aromatic heterocycles. The third kappa shape index (κ3) is 9.81. The van der Waals surface area contributed by atoms with Crippen molar-refractivity contribution in [3.63, 3.8) is 0 Å². The Balaban J connectivity index is 0.00000154. The van der Waals surface area contributed by atoms with Crippen LogP contribution in [0.3, 0.4) is 0 Å². The van der Waals surface area contributed by atoms with Gasteiger partial charge in [0.05, 0.1) is 39.6 Å². The number of rotatable bonds is 11. The summed E-state index contributed by atoms with van der Waals surface area (Å²) in [4.78, 5) is 16.0. The van der Waals surface area contributed by atoms with Crippen LogP contribution < -0.4 is 16.2 Å². The van der Waals surface area contributed by atoms with E-state index in [2.05, 4.69) is 54.8 Å². The standard InChI is InChI=1S/C35H41FN4O2S.CH3NO/c1-34(2,42-35(3,4)23-38)19-24-9-11-31-32(17-24)43-33(39-31)21-40-14-12-26(13-15-40)27-6-5-7-29(18-27)41-22-28-10-8-25(20-37)16-30(28)36;2-1-3/h5-11,16-18,26H,12-15,19,21-23,38H2,1-4H3;1H,(H2,2,3). The SMILES string of the molecule is CC(C)(CN)OC(C)(C)Cc1ccc2nc(CN3CCC(c4cccc(OCc5ccc(C#N)cc5F)c4)CC3)sc2c1.NC=O. The Hall–Kier alpha value is -3.88. The number of benzene rings is 3. The number of hydrogen-bond donors (Lipinski definition) is 2. The van der Waals surface area contributed by atoms with Crippen LogP contribution in [-0.2, 0) is 29.1 Å². The maximum absolute atomic E-state index is 14.3. The number of aromatic nitrogens is 1. The summed E-state index contributed by atoms with van der Waals surface area (Å²) in [6.07, 6.45) is 3.19. The molecule has 0 unspecified atom stereocenters. The summed E-state index contributed by atoms with van der Waals surface area (Å²) >= 11 is 1.78. The number of halogens is 1. The maximum Gasteiger partial charge on any atom is 0.204 e. The Morgan fingerprint density at radius 2 is 1.83 bits per heavy atom. The van der Waals surface area contributed by atoms with Crippen molar-refractivity contribution in [1.29, 1.82) is 5.26 Å². The highest BCUT2D eigenvalue weighted by Crippen LogP contribution is 2.33. The molecule has 0 aliphatic carbocycles. The van der Waals surface area contributed by atoms with Gasteiger partial charge >= 0.3 is 0 Å². The minimum absolute atomic E-state index is 0.126. The van der Waals surface area contributed by atoms with E-state index in [4.69, 9.17) is 30.2 Å². The van der Waals surface area contributed by atoms with E-state index in [1.807, 2.05) is 32.0 Å². The van der Waals surface area contributed by atoms with Crippen LogP contribution in [0.2, 0.25) is 0 Å². The minimum Gasteiger partial charge on any atom is -0.489 e. The minimum atomic E-state index is -0.419. The van der Waals surface area contributed by atoms with Crippen LogP contribution in [-0.4, -0.2) is 47.1 Å². The first-order valence-corrected chi connectivity index (χ1v) is 16.3. The first-order chi connectivity index (χ1) is 21.9. The number of nitrogens with two attached hydrogens (primary N) is 2. The molecule has 244 valence electrons. The van der Waals surface area contributed by atoms with Crippen molar-refractivity contribution in [3.05, 3.63) is 93.7 Å². The first kappa shape index (κ1) is 35.0. The number of likely N-dealkylation sites (tertiary alicyclic amines) is 1. The van der Waals surface area contributed by atoms with Crippen LogP contribution >= 0.6 is 11.3 Å². The second kappa shape index (κ2) is 15.6. The Labute approximate surface area is 275 Å². The summed E-state index contributed by atoms with van der Waals surface area (Å²) in [6, 6.07) is 21.1. The molecule has 4 N–H and O–H groups in total. The number of ether oxygens (including phenoxy) is 2. The number of thiazole rings is 1. The molecule has 5 rings (SSSR count). The molecule has 1 aliphatic rings. The Bertz CT molecular complexity index is 1660. The molecule has 0 bridgehead atoms. The number of nitriles is 1. The molecular weight excluding hydrogens is 601 g/mol. The molecule has 8 nitrogen and oxygen atoms in total. The fourth-order valence-electron chi connectivity index (χ4n) is 5.88. The van der Waals surface area contributed by atoms with Gasteiger partial charge in [-0.05, 0) is 107 Å². The topological polar surface area (TPSA) is 127 Å². The fraction of sp³-hybridized carbons (Fsp3) is 0.417. The van der Waals surface area contributed by atoms with Gasteiger partial charge in [-0.3, -0.25) is 9.69 Å². The van der Waals surface area contributed by atoms with Gasteiger partial charge in [0, 0.05) is 18.5 Å². The highest BCUT2D eigenvalue weighted by Gasteiger charge is 2.29. The van der Waals surface area contributed by atoms with Crippen LogP contribution in [0.5, 0.6) is 5.75 Å². The Morgan fingerprint density at radius 3 is 2.50 bits per heavy atom. The molecule has 0 atom stereocenters. The van der Waals surface area contributed by atoms with Crippen molar-refractivity contribution in [3.8, 4) is 11.8 Å². The van der Waals surface area contributed by atoms with Gasteiger partial charge in [-0.2, -0.15) is 5.26 Å². The van der Waals surface area contributed by atoms with Crippen LogP contribution in [0.25, 0.3) is 10.2 Å². The lowest BCUT2D eigenvalue weighted by molar-refractivity contribution is -0.116. The van der Waals surface area contributed by atoms with Crippen molar-refractivity contribution in [2.24, 2.45) is 11.5 Å². The van der Waals surface area contributed by atoms with E-state index >= 15 is 0 Å². The number of hydrogen-bond acceptors (Lipinski definition) is 8.